The van der Waals surface area contributed by atoms with Gasteiger partial charge in [-0.1, -0.05) is 19.9 Å². The summed E-state index contributed by atoms with van der Waals surface area (Å²) in [5, 5.41) is 2.91. The van der Waals surface area contributed by atoms with Crippen molar-refractivity contribution in [2.75, 3.05) is 12.4 Å². The largest absolute Gasteiger partial charge is 0.373 e. The minimum atomic E-state index is -0.875. The zero-order chi connectivity index (χ0) is 14.9. The molecule has 2 aromatic rings. The lowest BCUT2D eigenvalue weighted by Gasteiger charge is -2.11. The van der Waals surface area contributed by atoms with Gasteiger partial charge in [0.15, 0.2) is 11.6 Å². The highest BCUT2D eigenvalue weighted by molar-refractivity contribution is 5.64. The summed E-state index contributed by atoms with van der Waals surface area (Å²) in [7, 11) is 1.72. The lowest BCUT2D eigenvalue weighted by atomic mass is 10.1. The van der Waals surface area contributed by atoms with Crippen LogP contribution in [0.2, 0.25) is 0 Å². The first-order valence-corrected chi connectivity index (χ1v) is 6.45. The molecule has 0 aliphatic carbocycles. The van der Waals surface area contributed by atoms with E-state index >= 15 is 0 Å². The van der Waals surface area contributed by atoms with Gasteiger partial charge in [0.25, 0.3) is 0 Å². The third-order valence-corrected chi connectivity index (χ3v) is 3.07. The molecule has 1 aromatic carbocycles. The molecule has 0 saturated carbocycles. The van der Waals surface area contributed by atoms with Gasteiger partial charge in [0, 0.05) is 24.6 Å². The van der Waals surface area contributed by atoms with Crippen LogP contribution in [0.3, 0.4) is 0 Å². The Balaban J connectivity index is 2.63. The normalized spacial score (nSPS) is 10.9. The van der Waals surface area contributed by atoms with Crippen molar-refractivity contribution in [3.63, 3.8) is 0 Å². The summed E-state index contributed by atoms with van der Waals surface area (Å²) in [6, 6.07) is 4.70. The predicted molar refractivity (Wildman–Crippen MR) is 75.8 cm³/mol. The van der Waals surface area contributed by atoms with E-state index in [2.05, 4.69) is 15.3 Å². The number of aryl methyl sites for hydroxylation is 1. The molecule has 0 bridgehead atoms. The van der Waals surface area contributed by atoms with Gasteiger partial charge in [-0.2, -0.15) is 0 Å². The molecule has 0 radical (unpaired) electrons. The van der Waals surface area contributed by atoms with Crippen LogP contribution in [0.5, 0.6) is 0 Å². The fourth-order valence-electron chi connectivity index (χ4n) is 1.83. The van der Waals surface area contributed by atoms with Gasteiger partial charge in [-0.05, 0) is 18.6 Å². The fourth-order valence-corrected chi connectivity index (χ4v) is 1.83. The number of halogens is 2. The molecular formula is C15H17F2N3. The lowest BCUT2D eigenvalue weighted by molar-refractivity contribution is 0.505. The number of hydrogen-bond donors (Lipinski definition) is 1. The Morgan fingerprint density at radius 2 is 1.80 bits per heavy atom. The Labute approximate surface area is 117 Å². The maximum absolute atomic E-state index is 14.1. The van der Waals surface area contributed by atoms with E-state index in [9.17, 15) is 8.78 Å². The number of rotatable bonds is 3. The van der Waals surface area contributed by atoms with Crippen LogP contribution < -0.4 is 5.32 Å². The molecular weight excluding hydrogens is 260 g/mol. The van der Waals surface area contributed by atoms with Crippen molar-refractivity contribution >= 4 is 5.82 Å². The summed E-state index contributed by atoms with van der Waals surface area (Å²) in [5.74, 6) is -0.439. The van der Waals surface area contributed by atoms with E-state index in [-0.39, 0.29) is 17.0 Å². The smallest absolute Gasteiger partial charge is 0.168 e. The lowest BCUT2D eigenvalue weighted by Crippen LogP contribution is -2.04. The summed E-state index contributed by atoms with van der Waals surface area (Å²) in [6.45, 7) is 5.43. The maximum Gasteiger partial charge on any atom is 0.168 e. The molecule has 0 fully saturated rings. The molecule has 1 aromatic heterocycles. The van der Waals surface area contributed by atoms with Crippen LogP contribution in [0.1, 0.15) is 31.2 Å². The van der Waals surface area contributed by atoms with Gasteiger partial charge in [0.1, 0.15) is 11.6 Å². The number of aromatic nitrogens is 2. The highest BCUT2D eigenvalue weighted by Gasteiger charge is 2.16. The molecule has 0 aliphatic rings. The third-order valence-electron chi connectivity index (χ3n) is 3.07. The van der Waals surface area contributed by atoms with Crippen LogP contribution >= 0.6 is 0 Å². The van der Waals surface area contributed by atoms with Crippen LogP contribution in [0.4, 0.5) is 14.6 Å². The van der Waals surface area contributed by atoms with Crippen LogP contribution in [-0.2, 0) is 0 Å². The van der Waals surface area contributed by atoms with Crippen molar-refractivity contribution in [3.05, 3.63) is 41.2 Å². The van der Waals surface area contributed by atoms with Gasteiger partial charge in [0.05, 0.1) is 5.69 Å². The molecule has 2 rings (SSSR count). The quantitative estimate of drug-likeness (QED) is 0.924. The molecule has 0 atom stereocenters. The van der Waals surface area contributed by atoms with Crippen molar-refractivity contribution < 1.29 is 8.78 Å². The van der Waals surface area contributed by atoms with E-state index in [1.54, 1.807) is 25.2 Å². The molecule has 5 heteroatoms. The van der Waals surface area contributed by atoms with Crippen molar-refractivity contribution in [2.24, 2.45) is 0 Å². The second-order valence-corrected chi connectivity index (χ2v) is 4.96. The number of anilines is 1. The summed E-state index contributed by atoms with van der Waals surface area (Å²) < 4.78 is 27.7. The van der Waals surface area contributed by atoms with Crippen molar-refractivity contribution in [1.82, 2.24) is 9.97 Å². The molecule has 106 valence electrons. The Kier molecular flexibility index (Phi) is 3.97. The fraction of sp³-hybridized carbons (Fsp3) is 0.333. The van der Waals surface area contributed by atoms with Gasteiger partial charge < -0.3 is 5.32 Å². The van der Waals surface area contributed by atoms with Crippen LogP contribution in [0.15, 0.2) is 18.2 Å². The van der Waals surface area contributed by atoms with E-state index in [0.29, 0.717) is 17.3 Å². The van der Waals surface area contributed by atoms with Crippen LogP contribution in [0, 0.1) is 18.6 Å². The van der Waals surface area contributed by atoms with Crippen molar-refractivity contribution in [1.29, 1.82) is 0 Å². The summed E-state index contributed by atoms with van der Waals surface area (Å²) in [4.78, 5) is 8.63. The average molecular weight is 277 g/mol. The molecule has 0 spiro atoms. The number of hydrogen-bond acceptors (Lipinski definition) is 3. The Bertz CT molecular complexity index is 639. The van der Waals surface area contributed by atoms with Crippen LogP contribution in [0.25, 0.3) is 11.3 Å². The number of benzene rings is 1. The molecule has 1 heterocycles. The first-order chi connectivity index (χ1) is 9.43. The molecule has 0 aliphatic heterocycles. The molecule has 1 N–H and O–H groups in total. The summed E-state index contributed by atoms with van der Waals surface area (Å²) in [6.07, 6.45) is 0. The minimum absolute atomic E-state index is 0.0976. The third kappa shape index (κ3) is 2.61. The van der Waals surface area contributed by atoms with E-state index in [0.717, 1.165) is 0 Å². The second kappa shape index (κ2) is 5.53. The van der Waals surface area contributed by atoms with Gasteiger partial charge in [0.2, 0.25) is 0 Å². The van der Waals surface area contributed by atoms with E-state index in [1.807, 2.05) is 13.8 Å². The second-order valence-electron chi connectivity index (χ2n) is 4.96. The van der Waals surface area contributed by atoms with E-state index in [1.165, 1.54) is 6.92 Å². The standard InChI is InChI=1S/C15H17F2N3/c1-8(2)15-19-11(7-12(18-4)20-15)10-6-5-9(3)13(16)14(10)17/h5-8H,1-4H3,(H,18,19,20). The van der Waals surface area contributed by atoms with Crippen LogP contribution in [-0.4, -0.2) is 17.0 Å². The van der Waals surface area contributed by atoms with Crippen molar-refractivity contribution in [2.45, 2.75) is 26.7 Å². The highest BCUT2D eigenvalue weighted by Crippen LogP contribution is 2.27. The zero-order valence-electron chi connectivity index (χ0n) is 12.0. The molecule has 0 amide bonds. The number of nitrogens with one attached hydrogen (secondary N) is 1. The molecule has 3 nitrogen and oxygen atoms in total. The molecule has 0 saturated heterocycles. The molecule has 20 heavy (non-hydrogen) atoms. The maximum atomic E-state index is 14.1. The van der Waals surface area contributed by atoms with Gasteiger partial charge >= 0.3 is 0 Å². The first kappa shape index (κ1) is 14.4. The number of nitrogens with zero attached hydrogens (tertiary/aromatic N) is 2. The Morgan fingerprint density at radius 3 is 2.40 bits per heavy atom. The topological polar surface area (TPSA) is 37.8 Å². The first-order valence-electron chi connectivity index (χ1n) is 6.45. The molecule has 0 unspecified atom stereocenters. The van der Waals surface area contributed by atoms with E-state index < -0.39 is 11.6 Å². The van der Waals surface area contributed by atoms with E-state index in [4.69, 9.17) is 0 Å². The van der Waals surface area contributed by atoms with Gasteiger partial charge in [-0.3, -0.25) is 0 Å². The average Bonchev–Trinajstić information content (AvgIpc) is 2.44. The Morgan fingerprint density at radius 1 is 1.10 bits per heavy atom. The Hall–Kier alpha value is -2.04. The zero-order valence-corrected chi connectivity index (χ0v) is 12.0. The highest BCUT2D eigenvalue weighted by atomic mass is 19.2. The van der Waals surface area contributed by atoms with Gasteiger partial charge in [-0.15, -0.1) is 0 Å². The monoisotopic (exact) mass is 277 g/mol. The SMILES string of the molecule is CNc1cc(-c2ccc(C)c(F)c2F)nc(C(C)C)n1. The van der Waals surface area contributed by atoms with Gasteiger partial charge in [-0.25, -0.2) is 18.7 Å². The predicted octanol–water partition coefficient (Wildman–Crippen LogP) is 3.90. The summed E-state index contributed by atoms with van der Waals surface area (Å²) in [5.41, 5.74) is 0.802. The minimum Gasteiger partial charge on any atom is -0.373 e. The van der Waals surface area contributed by atoms with Crippen molar-refractivity contribution in [3.8, 4) is 11.3 Å². The summed E-state index contributed by atoms with van der Waals surface area (Å²) >= 11 is 0.